The zero-order valence-corrected chi connectivity index (χ0v) is 8.58. The highest BCUT2D eigenvalue weighted by molar-refractivity contribution is 5.46. The summed E-state index contributed by atoms with van der Waals surface area (Å²) in [5.41, 5.74) is 3.53. The molecule has 0 aromatic heterocycles. The van der Waals surface area contributed by atoms with Gasteiger partial charge in [-0.3, -0.25) is 5.84 Å². The van der Waals surface area contributed by atoms with E-state index in [-0.39, 0.29) is 6.10 Å². The smallest absolute Gasteiger partial charge is 0.119 e. The van der Waals surface area contributed by atoms with E-state index in [1.54, 1.807) is 0 Å². The zero-order valence-electron chi connectivity index (χ0n) is 8.58. The minimum Gasteiger partial charge on any atom is -0.491 e. The third-order valence-electron chi connectivity index (χ3n) is 1.62. The first kappa shape index (κ1) is 10.8. The van der Waals surface area contributed by atoms with Crippen LogP contribution >= 0.6 is 0 Å². The second-order valence-electron chi connectivity index (χ2n) is 3.25. The number of ether oxygens (including phenoxy) is 1. The van der Waals surface area contributed by atoms with Gasteiger partial charge in [-0.05, 0) is 38.1 Å². The molecule has 78 valence electrons. The van der Waals surface area contributed by atoms with Crippen LogP contribution in [0.2, 0.25) is 0 Å². The monoisotopic (exact) mass is 195 g/mol. The van der Waals surface area contributed by atoms with Gasteiger partial charge in [0.25, 0.3) is 0 Å². The van der Waals surface area contributed by atoms with Crippen LogP contribution in [-0.4, -0.2) is 12.8 Å². The summed E-state index contributed by atoms with van der Waals surface area (Å²) in [5, 5.41) is 3.08. The maximum Gasteiger partial charge on any atom is 0.119 e. The fraction of sp³-hybridized carbons (Fsp3) is 0.400. The van der Waals surface area contributed by atoms with Crippen LogP contribution in [0.1, 0.15) is 13.8 Å². The normalized spacial score (nSPS) is 10.3. The molecule has 1 aromatic rings. The average Bonchev–Trinajstić information content (AvgIpc) is 2.16. The molecule has 0 atom stereocenters. The van der Waals surface area contributed by atoms with Gasteiger partial charge in [-0.15, -0.1) is 0 Å². The van der Waals surface area contributed by atoms with E-state index < -0.39 is 0 Å². The first-order chi connectivity index (χ1) is 6.72. The van der Waals surface area contributed by atoms with Crippen molar-refractivity contribution in [1.29, 1.82) is 0 Å². The molecule has 0 amide bonds. The third-order valence-corrected chi connectivity index (χ3v) is 1.62. The lowest BCUT2D eigenvalue weighted by Crippen LogP contribution is -2.28. The molecule has 0 aliphatic rings. The van der Waals surface area contributed by atoms with Crippen LogP contribution < -0.4 is 21.3 Å². The van der Waals surface area contributed by atoms with E-state index >= 15 is 0 Å². The highest BCUT2D eigenvalue weighted by atomic mass is 16.5. The number of rotatable bonds is 5. The Kier molecular flexibility index (Phi) is 4.22. The van der Waals surface area contributed by atoms with E-state index in [0.717, 1.165) is 11.4 Å². The standard InChI is InChI=1S/C10H17N3O/c1-8(2)14-10-5-3-9(4-6-10)12-7-13-11/h3-6,8,12-13H,7,11H2,1-2H3. The summed E-state index contributed by atoms with van der Waals surface area (Å²) in [6.45, 7) is 4.55. The minimum absolute atomic E-state index is 0.208. The Morgan fingerprint density at radius 2 is 1.93 bits per heavy atom. The predicted molar refractivity (Wildman–Crippen MR) is 58.0 cm³/mol. The van der Waals surface area contributed by atoms with Gasteiger partial charge in [0.2, 0.25) is 0 Å². The fourth-order valence-corrected chi connectivity index (χ4v) is 1.08. The molecule has 14 heavy (non-hydrogen) atoms. The van der Waals surface area contributed by atoms with Crippen LogP contribution in [-0.2, 0) is 0 Å². The van der Waals surface area contributed by atoms with Crippen LogP contribution in [0.25, 0.3) is 0 Å². The van der Waals surface area contributed by atoms with E-state index in [1.165, 1.54) is 0 Å². The topological polar surface area (TPSA) is 59.3 Å². The minimum atomic E-state index is 0.208. The lowest BCUT2D eigenvalue weighted by atomic mass is 10.3. The van der Waals surface area contributed by atoms with Crippen molar-refractivity contribution in [1.82, 2.24) is 5.43 Å². The summed E-state index contributed by atoms with van der Waals surface area (Å²) >= 11 is 0. The number of nitrogens with one attached hydrogen (secondary N) is 2. The summed E-state index contributed by atoms with van der Waals surface area (Å²) in [6.07, 6.45) is 0.208. The van der Waals surface area contributed by atoms with Gasteiger partial charge in [-0.25, -0.2) is 5.43 Å². The number of nitrogens with two attached hydrogens (primary N) is 1. The molecule has 0 aliphatic heterocycles. The molecule has 0 spiro atoms. The van der Waals surface area contributed by atoms with Gasteiger partial charge in [-0.2, -0.15) is 0 Å². The maximum atomic E-state index is 5.51. The molecule has 4 N–H and O–H groups in total. The second-order valence-corrected chi connectivity index (χ2v) is 3.25. The van der Waals surface area contributed by atoms with Crippen LogP contribution in [0.5, 0.6) is 5.75 Å². The number of hydrogen-bond acceptors (Lipinski definition) is 4. The molecular formula is C10H17N3O. The van der Waals surface area contributed by atoms with Crippen molar-refractivity contribution in [2.24, 2.45) is 5.84 Å². The molecule has 1 rings (SSSR count). The molecule has 0 unspecified atom stereocenters. The highest BCUT2D eigenvalue weighted by Crippen LogP contribution is 2.16. The lowest BCUT2D eigenvalue weighted by molar-refractivity contribution is 0.242. The molecule has 0 bridgehead atoms. The maximum absolute atomic E-state index is 5.51. The summed E-state index contributed by atoms with van der Waals surface area (Å²) in [4.78, 5) is 0. The van der Waals surface area contributed by atoms with E-state index in [1.807, 2.05) is 38.1 Å². The summed E-state index contributed by atoms with van der Waals surface area (Å²) in [7, 11) is 0. The fourth-order valence-electron chi connectivity index (χ4n) is 1.08. The summed E-state index contributed by atoms with van der Waals surface area (Å²) in [6, 6.07) is 7.77. The van der Waals surface area contributed by atoms with Crippen molar-refractivity contribution < 1.29 is 4.74 Å². The first-order valence-electron chi connectivity index (χ1n) is 4.66. The van der Waals surface area contributed by atoms with Gasteiger partial charge in [0.15, 0.2) is 0 Å². The molecule has 0 saturated heterocycles. The largest absolute Gasteiger partial charge is 0.491 e. The molecule has 0 fully saturated rings. The highest BCUT2D eigenvalue weighted by Gasteiger charge is 1.96. The van der Waals surface area contributed by atoms with Crippen molar-refractivity contribution in [2.75, 3.05) is 12.0 Å². The van der Waals surface area contributed by atoms with Crippen molar-refractivity contribution in [3.63, 3.8) is 0 Å². The molecular weight excluding hydrogens is 178 g/mol. The number of hydrogen-bond donors (Lipinski definition) is 3. The zero-order chi connectivity index (χ0) is 10.4. The molecule has 4 heteroatoms. The quantitative estimate of drug-likeness (QED) is 0.376. The Morgan fingerprint density at radius 1 is 1.29 bits per heavy atom. The van der Waals surface area contributed by atoms with Crippen LogP contribution in [0.3, 0.4) is 0 Å². The van der Waals surface area contributed by atoms with Gasteiger partial charge in [0.1, 0.15) is 5.75 Å². The average molecular weight is 195 g/mol. The molecule has 0 aliphatic carbocycles. The van der Waals surface area contributed by atoms with Crippen LogP contribution in [0.4, 0.5) is 5.69 Å². The van der Waals surface area contributed by atoms with Crippen molar-refractivity contribution in [3.8, 4) is 5.75 Å². The van der Waals surface area contributed by atoms with Crippen molar-refractivity contribution in [3.05, 3.63) is 24.3 Å². The van der Waals surface area contributed by atoms with Gasteiger partial charge in [-0.1, -0.05) is 0 Å². The Labute approximate surface area is 84.4 Å². The van der Waals surface area contributed by atoms with Crippen LogP contribution in [0.15, 0.2) is 24.3 Å². The summed E-state index contributed by atoms with van der Waals surface area (Å²) in [5.74, 6) is 6.02. The molecule has 0 saturated carbocycles. The molecule has 4 nitrogen and oxygen atoms in total. The Hall–Kier alpha value is -1.26. The van der Waals surface area contributed by atoms with Gasteiger partial charge in [0.05, 0.1) is 12.8 Å². The molecule has 1 aromatic carbocycles. The third kappa shape index (κ3) is 3.64. The Bertz CT molecular complexity index is 259. The lowest BCUT2D eigenvalue weighted by Gasteiger charge is -2.10. The van der Waals surface area contributed by atoms with Crippen molar-refractivity contribution in [2.45, 2.75) is 20.0 Å². The van der Waals surface area contributed by atoms with Gasteiger partial charge < -0.3 is 10.1 Å². The van der Waals surface area contributed by atoms with Gasteiger partial charge >= 0.3 is 0 Å². The van der Waals surface area contributed by atoms with Crippen molar-refractivity contribution >= 4 is 5.69 Å². The number of anilines is 1. The molecule has 0 radical (unpaired) electrons. The van der Waals surface area contributed by atoms with Crippen LogP contribution in [0, 0.1) is 0 Å². The summed E-state index contributed by atoms with van der Waals surface area (Å²) < 4.78 is 5.51. The SMILES string of the molecule is CC(C)Oc1ccc(NCNN)cc1. The van der Waals surface area contributed by atoms with E-state index in [0.29, 0.717) is 6.67 Å². The Balaban J connectivity index is 2.50. The first-order valence-corrected chi connectivity index (χ1v) is 4.66. The van der Waals surface area contributed by atoms with Gasteiger partial charge in [0, 0.05) is 5.69 Å². The number of hydrazine groups is 1. The Morgan fingerprint density at radius 3 is 2.43 bits per heavy atom. The molecule has 0 heterocycles. The predicted octanol–water partition coefficient (Wildman–Crippen LogP) is 1.31. The van der Waals surface area contributed by atoms with E-state index in [4.69, 9.17) is 10.6 Å². The number of benzene rings is 1. The van der Waals surface area contributed by atoms with E-state index in [9.17, 15) is 0 Å². The second kappa shape index (κ2) is 5.47. The van der Waals surface area contributed by atoms with E-state index in [2.05, 4.69) is 10.7 Å².